The standard InChI is InChI=1S/C15H19N3OS/c1-11-8-16-15(17-11)13-3-2-5-18(9-13)14(19)7-12-4-6-20-10-12/h4,6,8,10,13H,2-3,5,7,9H2,1H3,(H,16,17)/t13-/m0/s1. The zero-order valence-corrected chi connectivity index (χ0v) is 12.4. The maximum absolute atomic E-state index is 12.3. The summed E-state index contributed by atoms with van der Waals surface area (Å²) in [5.74, 6) is 1.61. The summed E-state index contributed by atoms with van der Waals surface area (Å²) in [5, 5.41) is 4.07. The van der Waals surface area contributed by atoms with Gasteiger partial charge in [-0.25, -0.2) is 4.98 Å². The number of imidazole rings is 1. The van der Waals surface area contributed by atoms with E-state index in [9.17, 15) is 4.79 Å². The van der Waals surface area contributed by atoms with Gasteiger partial charge < -0.3 is 9.88 Å². The number of aryl methyl sites for hydroxylation is 1. The van der Waals surface area contributed by atoms with Gasteiger partial charge in [0, 0.05) is 30.9 Å². The van der Waals surface area contributed by atoms with Crippen molar-refractivity contribution in [2.75, 3.05) is 13.1 Å². The Labute approximate surface area is 122 Å². The Morgan fingerprint density at radius 1 is 1.60 bits per heavy atom. The van der Waals surface area contributed by atoms with Crippen molar-refractivity contribution in [1.82, 2.24) is 14.9 Å². The first kappa shape index (κ1) is 13.4. The van der Waals surface area contributed by atoms with E-state index in [1.54, 1.807) is 11.3 Å². The van der Waals surface area contributed by atoms with Crippen LogP contribution in [0.15, 0.2) is 23.0 Å². The minimum atomic E-state index is 0.233. The molecule has 0 aromatic carbocycles. The van der Waals surface area contributed by atoms with Crippen LogP contribution in [-0.4, -0.2) is 33.9 Å². The first-order valence-corrected chi connectivity index (χ1v) is 7.97. The summed E-state index contributed by atoms with van der Waals surface area (Å²) in [5.41, 5.74) is 2.21. The number of nitrogens with zero attached hydrogens (tertiary/aromatic N) is 2. The van der Waals surface area contributed by atoms with Crippen molar-refractivity contribution in [3.05, 3.63) is 40.1 Å². The summed E-state index contributed by atoms with van der Waals surface area (Å²) in [6.07, 6.45) is 4.55. The molecular weight excluding hydrogens is 270 g/mol. The van der Waals surface area contributed by atoms with Crippen molar-refractivity contribution >= 4 is 17.2 Å². The first-order valence-electron chi connectivity index (χ1n) is 7.03. The topological polar surface area (TPSA) is 49.0 Å². The highest BCUT2D eigenvalue weighted by Crippen LogP contribution is 2.25. The smallest absolute Gasteiger partial charge is 0.227 e. The maximum Gasteiger partial charge on any atom is 0.227 e. The molecule has 5 heteroatoms. The lowest BCUT2D eigenvalue weighted by Gasteiger charge is -2.32. The number of thiophene rings is 1. The van der Waals surface area contributed by atoms with Gasteiger partial charge in [-0.2, -0.15) is 11.3 Å². The van der Waals surface area contributed by atoms with Crippen molar-refractivity contribution in [2.45, 2.75) is 32.1 Å². The lowest BCUT2D eigenvalue weighted by Crippen LogP contribution is -2.40. The fourth-order valence-corrected chi connectivity index (χ4v) is 3.42. The van der Waals surface area contributed by atoms with Gasteiger partial charge in [-0.3, -0.25) is 4.79 Å². The summed E-state index contributed by atoms with van der Waals surface area (Å²) in [6, 6.07) is 2.03. The van der Waals surface area contributed by atoms with E-state index in [4.69, 9.17) is 0 Å². The number of nitrogens with one attached hydrogen (secondary N) is 1. The van der Waals surface area contributed by atoms with Crippen LogP contribution in [0.4, 0.5) is 0 Å². The van der Waals surface area contributed by atoms with E-state index in [0.29, 0.717) is 12.3 Å². The van der Waals surface area contributed by atoms with Gasteiger partial charge in [0.15, 0.2) is 0 Å². The molecule has 0 bridgehead atoms. The minimum Gasteiger partial charge on any atom is -0.346 e. The SMILES string of the molecule is Cc1cnc([C@H]2CCCN(C(=O)Cc3ccsc3)C2)[nH]1. The van der Waals surface area contributed by atoms with E-state index in [2.05, 4.69) is 15.3 Å². The Morgan fingerprint density at radius 2 is 2.50 bits per heavy atom. The number of H-pyrrole nitrogens is 1. The number of hydrogen-bond donors (Lipinski definition) is 1. The van der Waals surface area contributed by atoms with E-state index in [1.165, 1.54) is 0 Å². The van der Waals surface area contributed by atoms with E-state index in [0.717, 1.165) is 43.0 Å². The van der Waals surface area contributed by atoms with E-state index in [1.807, 2.05) is 29.5 Å². The van der Waals surface area contributed by atoms with Crippen LogP contribution < -0.4 is 0 Å². The average Bonchev–Trinajstić information content (AvgIpc) is 3.10. The third kappa shape index (κ3) is 2.93. The molecule has 1 N–H and O–H groups in total. The second kappa shape index (κ2) is 5.79. The van der Waals surface area contributed by atoms with Crippen LogP contribution in [0.5, 0.6) is 0 Å². The fraction of sp³-hybridized carbons (Fsp3) is 0.467. The van der Waals surface area contributed by atoms with Crippen LogP contribution in [0, 0.1) is 6.92 Å². The van der Waals surface area contributed by atoms with Crippen LogP contribution in [0.2, 0.25) is 0 Å². The highest BCUT2D eigenvalue weighted by Gasteiger charge is 2.26. The van der Waals surface area contributed by atoms with E-state index < -0.39 is 0 Å². The molecule has 1 aliphatic heterocycles. The summed E-state index contributed by atoms with van der Waals surface area (Å²) >= 11 is 1.64. The van der Waals surface area contributed by atoms with Crippen molar-refractivity contribution in [3.8, 4) is 0 Å². The molecule has 1 fully saturated rings. The lowest BCUT2D eigenvalue weighted by atomic mass is 9.97. The Hall–Kier alpha value is -1.62. The van der Waals surface area contributed by atoms with Crippen molar-refractivity contribution in [1.29, 1.82) is 0 Å². The summed E-state index contributed by atoms with van der Waals surface area (Å²) < 4.78 is 0. The maximum atomic E-state index is 12.3. The number of piperidine rings is 1. The predicted molar refractivity (Wildman–Crippen MR) is 79.9 cm³/mol. The van der Waals surface area contributed by atoms with Gasteiger partial charge in [-0.15, -0.1) is 0 Å². The minimum absolute atomic E-state index is 0.233. The molecule has 20 heavy (non-hydrogen) atoms. The van der Waals surface area contributed by atoms with Crippen molar-refractivity contribution in [3.63, 3.8) is 0 Å². The average molecular weight is 289 g/mol. The van der Waals surface area contributed by atoms with Gasteiger partial charge >= 0.3 is 0 Å². The monoisotopic (exact) mass is 289 g/mol. The zero-order chi connectivity index (χ0) is 13.9. The molecule has 3 heterocycles. The van der Waals surface area contributed by atoms with Gasteiger partial charge in [0.1, 0.15) is 5.82 Å². The predicted octanol–water partition coefficient (Wildman–Crippen LogP) is 2.73. The number of hydrogen-bond acceptors (Lipinski definition) is 3. The molecule has 3 rings (SSSR count). The molecule has 0 radical (unpaired) electrons. The second-order valence-corrected chi connectivity index (χ2v) is 6.22. The molecule has 1 aliphatic rings. The number of aromatic nitrogens is 2. The number of carbonyl (C=O) groups excluding carboxylic acids is 1. The van der Waals surface area contributed by atoms with Gasteiger partial charge in [-0.05, 0) is 42.2 Å². The van der Waals surface area contributed by atoms with Crippen LogP contribution in [-0.2, 0) is 11.2 Å². The molecule has 4 nitrogen and oxygen atoms in total. The van der Waals surface area contributed by atoms with E-state index in [-0.39, 0.29) is 5.91 Å². The Kier molecular flexibility index (Phi) is 3.87. The second-order valence-electron chi connectivity index (χ2n) is 5.44. The first-order chi connectivity index (χ1) is 9.72. The number of rotatable bonds is 3. The van der Waals surface area contributed by atoms with Crippen LogP contribution in [0.1, 0.15) is 35.8 Å². The fourth-order valence-electron chi connectivity index (χ4n) is 2.75. The molecule has 0 aliphatic carbocycles. The van der Waals surface area contributed by atoms with Crippen LogP contribution in [0.3, 0.4) is 0 Å². The highest BCUT2D eigenvalue weighted by atomic mass is 32.1. The highest BCUT2D eigenvalue weighted by molar-refractivity contribution is 7.07. The van der Waals surface area contributed by atoms with Gasteiger partial charge in [0.25, 0.3) is 0 Å². The third-order valence-electron chi connectivity index (χ3n) is 3.82. The number of carbonyl (C=O) groups is 1. The molecule has 2 aromatic heterocycles. The normalized spacial score (nSPS) is 19.2. The number of amides is 1. The van der Waals surface area contributed by atoms with Crippen molar-refractivity contribution in [2.24, 2.45) is 0 Å². The molecule has 0 unspecified atom stereocenters. The van der Waals surface area contributed by atoms with Gasteiger partial charge in [0.2, 0.25) is 5.91 Å². The van der Waals surface area contributed by atoms with Crippen LogP contribution in [0.25, 0.3) is 0 Å². The third-order valence-corrected chi connectivity index (χ3v) is 4.55. The Morgan fingerprint density at radius 3 is 3.20 bits per heavy atom. The quantitative estimate of drug-likeness (QED) is 0.944. The molecule has 106 valence electrons. The molecule has 2 aromatic rings. The summed E-state index contributed by atoms with van der Waals surface area (Å²) in [6.45, 7) is 3.67. The number of likely N-dealkylation sites (tertiary alicyclic amines) is 1. The molecular formula is C15H19N3OS. The molecule has 1 amide bonds. The molecule has 0 spiro atoms. The Bertz CT molecular complexity index is 576. The lowest BCUT2D eigenvalue weighted by molar-refractivity contribution is -0.131. The van der Waals surface area contributed by atoms with Crippen LogP contribution >= 0.6 is 11.3 Å². The van der Waals surface area contributed by atoms with E-state index >= 15 is 0 Å². The van der Waals surface area contributed by atoms with Gasteiger partial charge in [0.05, 0.1) is 6.42 Å². The summed E-state index contributed by atoms with van der Waals surface area (Å²) in [4.78, 5) is 22.1. The largest absolute Gasteiger partial charge is 0.346 e. The molecule has 1 saturated heterocycles. The Balaban J connectivity index is 1.64. The molecule has 0 saturated carbocycles. The molecule has 1 atom stereocenters. The number of aromatic amines is 1. The van der Waals surface area contributed by atoms with Crippen molar-refractivity contribution < 1.29 is 4.79 Å². The zero-order valence-electron chi connectivity index (χ0n) is 11.6. The summed E-state index contributed by atoms with van der Waals surface area (Å²) in [7, 11) is 0. The van der Waals surface area contributed by atoms with Gasteiger partial charge in [-0.1, -0.05) is 0 Å².